The number of non-ortho nitro benzene ring substituents is 1. The molecule has 124 valence electrons. The average Bonchev–Trinajstić information content (AvgIpc) is 2.59. The van der Waals surface area contributed by atoms with E-state index in [1.54, 1.807) is 19.1 Å². The van der Waals surface area contributed by atoms with Crippen LogP contribution in [0, 0.1) is 17.0 Å². The van der Waals surface area contributed by atoms with Crippen molar-refractivity contribution >= 4 is 23.0 Å². The number of para-hydroxylation sites is 1. The molecule has 0 heterocycles. The fourth-order valence-electron chi connectivity index (χ4n) is 2.04. The van der Waals surface area contributed by atoms with Gasteiger partial charge in [0, 0.05) is 23.4 Å². The Bertz CT molecular complexity index is 787. The molecule has 2 rings (SSSR count). The lowest BCUT2D eigenvalue weighted by atomic mass is 10.1. The number of carbonyl (C=O) groups excluding carboxylic acids is 1. The van der Waals surface area contributed by atoms with E-state index in [1.165, 1.54) is 12.1 Å². The van der Waals surface area contributed by atoms with Gasteiger partial charge in [-0.3, -0.25) is 14.9 Å². The Hall–Kier alpha value is -3.22. The molecule has 0 aliphatic heterocycles. The zero-order valence-electron chi connectivity index (χ0n) is 13.4. The van der Waals surface area contributed by atoms with Crippen molar-refractivity contribution in [3.63, 3.8) is 0 Å². The molecular formula is C17H18N4O3. The minimum Gasteiger partial charge on any atom is -0.376 e. The summed E-state index contributed by atoms with van der Waals surface area (Å²) >= 11 is 0. The summed E-state index contributed by atoms with van der Waals surface area (Å²) in [5.74, 6) is -0.303. The first-order valence-electron chi connectivity index (χ1n) is 7.35. The van der Waals surface area contributed by atoms with Gasteiger partial charge in [0.25, 0.3) is 11.6 Å². The maximum Gasteiger partial charge on any atom is 0.270 e. The minimum absolute atomic E-state index is 0.0189. The number of amides is 1. The Morgan fingerprint density at radius 1 is 1.21 bits per heavy atom. The Labute approximate surface area is 139 Å². The summed E-state index contributed by atoms with van der Waals surface area (Å²) in [6.45, 7) is 3.70. The first-order chi connectivity index (χ1) is 11.5. The van der Waals surface area contributed by atoms with Crippen molar-refractivity contribution < 1.29 is 9.72 Å². The van der Waals surface area contributed by atoms with Crippen LogP contribution < -0.4 is 10.7 Å². The largest absolute Gasteiger partial charge is 0.376 e. The van der Waals surface area contributed by atoms with Gasteiger partial charge < -0.3 is 5.32 Å². The highest BCUT2D eigenvalue weighted by Gasteiger charge is 2.08. The molecular weight excluding hydrogens is 308 g/mol. The summed E-state index contributed by atoms with van der Waals surface area (Å²) in [6, 6.07) is 13.7. The molecule has 0 aliphatic rings. The van der Waals surface area contributed by atoms with Crippen molar-refractivity contribution in [2.24, 2.45) is 5.10 Å². The number of hydrogen-bond acceptors (Lipinski definition) is 5. The maximum atomic E-state index is 11.8. The molecule has 0 atom stereocenters. The van der Waals surface area contributed by atoms with Gasteiger partial charge in [0.15, 0.2) is 0 Å². The Balaban J connectivity index is 1.94. The SMILES string of the molecule is CC(=NNC(=O)CNc1ccccc1C)c1cccc([N+](=O)[O-])c1. The second-order valence-corrected chi connectivity index (χ2v) is 5.21. The van der Waals surface area contributed by atoms with Gasteiger partial charge in [-0.25, -0.2) is 5.43 Å². The number of nitro benzene ring substituents is 1. The Morgan fingerprint density at radius 2 is 1.96 bits per heavy atom. The van der Waals surface area contributed by atoms with Gasteiger partial charge in [0.1, 0.15) is 0 Å². The third kappa shape index (κ3) is 4.64. The fourth-order valence-corrected chi connectivity index (χ4v) is 2.04. The molecule has 0 bridgehead atoms. The van der Waals surface area contributed by atoms with Crippen molar-refractivity contribution in [1.82, 2.24) is 5.43 Å². The van der Waals surface area contributed by atoms with Gasteiger partial charge >= 0.3 is 0 Å². The molecule has 1 amide bonds. The van der Waals surface area contributed by atoms with E-state index in [0.717, 1.165) is 11.3 Å². The zero-order valence-corrected chi connectivity index (χ0v) is 13.4. The van der Waals surface area contributed by atoms with E-state index >= 15 is 0 Å². The number of carbonyl (C=O) groups is 1. The highest BCUT2D eigenvalue weighted by Crippen LogP contribution is 2.14. The standard InChI is InChI=1S/C17H18N4O3/c1-12-6-3-4-9-16(12)18-11-17(22)20-19-13(2)14-7-5-8-15(10-14)21(23)24/h3-10,18H,11H2,1-2H3,(H,20,22). The van der Waals surface area contributed by atoms with Crippen LogP contribution in [0.2, 0.25) is 0 Å². The van der Waals surface area contributed by atoms with Crippen molar-refractivity contribution in [2.75, 3.05) is 11.9 Å². The lowest BCUT2D eigenvalue weighted by Gasteiger charge is -2.08. The van der Waals surface area contributed by atoms with Crippen molar-refractivity contribution in [2.45, 2.75) is 13.8 Å². The molecule has 0 radical (unpaired) electrons. The number of nitrogens with one attached hydrogen (secondary N) is 2. The molecule has 0 unspecified atom stereocenters. The molecule has 2 N–H and O–H groups in total. The van der Waals surface area contributed by atoms with Crippen LogP contribution in [0.1, 0.15) is 18.1 Å². The van der Waals surface area contributed by atoms with Crippen molar-refractivity contribution in [3.05, 3.63) is 69.8 Å². The van der Waals surface area contributed by atoms with Gasteiger partial charge in [-0.15, -0.1) is 0 Å². The molecule has 7 nitrogen and oxygen atoms in total. The topological polar surface area (TPSA) is 96.6 Å². The van der Waals surface area contributed by atoms with Gasteiger partial charge in [0.05, 0.1) is 17.2 Å². The minimum atomic E-state index is -0.471. The molecule has 2 aromatic rings. The summed E-state index contributed by atoms with van der Waals surface area (Å²) in [5, 5.41) is 17.8. The number of aryl methyl sites for hydroxylation is 1. The quantitative estimate of drug-likeness (QED) is 0.484. The number of hydrogen-bond donors (Lipinski definition) is 2. The maximum absolute atomic E-state index is 11.8. The molecule has 0 aliphatic carbocycles. The summed E-state index contributed by atoms with van der Waals surface area (Å²) in [7, 11) is 0. The lowest BCUT2D eigenvalue weighted by molar-refractivity contribution is -0.384. The first kappa shape index (κ1) is 17.1. The molecule has 7 heteroatoms. The van der Waals surface area contributed by atoms with E-state index in [1.807, 2.05) is 31.2 Å². The summed E-state index contributed by atoms with van der Waals surface area (Å²) in [6.07, 6.45) is 0. The van der Waals surface area contributed by atoms with E-state index < -0.39 is 4.92 Å². The Morgan fingerprint density at radius 3 is 2.67 bits per heavy atom. The van der Waals surface area contributed by atoms with E-state index in [-0.39, 0.29) is 18.1 Å². The zero-order chi connectivity index (χ0) is 17.5. The highest BCUT2D eigenvalue weighted by atomic mass is 16.6. The van der Waals surface area contributed by atoms with Crippen LogP contribution in [0.4, 0.5) is 11.4 Å². The van der Waals surface area contributed by atoms with Gasteiger partial charge in [-0.05, 0) is 25.5 Å². The van der Waals surface area contributed by atoms with Crippen LogP contribution in [-0.4, -0.2) is 23.1 Å². The summed E-state index contributed by atoms with van der Waals surface area (Å²) in [4.78, 5) is 22.2. The molecule has 24 heavy (non-hydrogen) atoms. The number of benzene rings is 2. The molecule has 2 aromatic carbocycles. The van der Waals surface area contributed by atoms with Crippen molar-refractivity contribution in [1.29, 1.82) is 0 Å². The Kier molecular flexibility index (Phi) is 5.62. The second kappa shape index (κ2) is 7.87. The van der Waals surface area contributed by atoms with E-state index in [2.05, 4.69) is 15.8 Å². The summed E-state index contributed by atoms with van der Waals surface area (Å²) < 4.78 is 0. The van der Waals surface area contributed by atoms with E-state index in [0.29, 0.717) is 11.3 Å². The number of hydrazone groups is 1. The normalized spacial score (nSPS) is 11.0. The van der Waals surface area contributed by atoms with Crippen molar-refractivity contribution in [3.8, 4) is 0 Å². The van der Waals surface area contributed by atoms with Crippen LogP contribution >= 0.6 is 0 Å². The molecule has 0 saturated heterocycles. The number of rotatable bonds is 6. The monoisotopic (exact) mass is 326 g/mol. The van der Waals surface area contributed by atoms with E-state index in [9.17, 15) is 14.9 Å². The van der Waals surface area contributed by atoms with Crippen LogP contribution in [0.25, 0.3) is 0 Å². The molecule has 0 fully saturated rings. The van der Waals surface area contributed by atoms with Crippen LogP contribution in [-0.2, 0) is 4.79 Å². The van der Waals surface area contributed by atoms with Gasteiger partial charge in [-0.1, -0.05) is 30.3 Å². The van der Waals surface area contributed by atoms with Gasteiger partial charge in [-0.2, -0.15) is 5.10 Å². The van der Waals surface area contributed by atoms with Gasteiger partial charge in [0.2, 0.25) is 0 Å². The first-order valence-corrected chi connectivity index (χ1v) is 7.35. The number of nitro groups is 1. The average molecular weight is 326 g/mol. The fraction of sp³-hybridized carbons (Fsp3) is 0.176. The van der Waals surface area contributed by atoms with Crippen LogP contribution in [0.5, 0.6) is 0 Å². The number of nitrogens with zero attached hydrogens (tertiary/aromatic N) is 2. The molecule has 0 saturated carbocycles. The van der Waals surface area contributed by atoms with Crippen LogP contribution in [0.15, 0.2) is 53.6 Å². The third-order valence-corrected chi connectivity index (χ3v) is 3.41. The predicted molar refractivity (Wildman–Crippen MR) is 93.1 cm³/mol. The lowest BCUT2D eigenvalue weighted by Crippen LogP contribution is -2.27. The second-order valence-electron chi connectivity index (χ2n) is 5.21. The third-order valence-electron chi connectivity index (χ3n) is 3.41. The molecule has 0 aromatic heterocycles. The van der Waals surface area contributed by atoms with E-state index in [4.69, 9.17) is 0 Å². The smallest absolute Gasteiger partial charge is 0.270 e. The van der Waals surface area contributed by atoms with Crippen LogP contribution in [0.3, 0.4) is 0 Å². The predicted octanol–water partition coefficient (Wildman–Crippen LogP) is 2.86. The highest BCUT2D eigenvalue weighted by molar-refractivity contribution is 5.99. The number of anilines is 1. The molecule has 0 spiro atoms. The summed E-state index contributed by atoms with van der Waals surface area (Å²) in [5.41, 5.74) is 5.41.